The molecule has 0 amide bonds. The van der Waals surface area contributed by atoms with Crippen LogP contribution in [0.15, 0.2) is 20.8 Å². The lowest BCUT2D eigenvalue weighted by atomic mass is 9.77. The number of nitrogens with zero attached hydrogens (tertiary/aromatic N) is 3. The van der Waals surface area contributed by atoms with Crippen LogP contribution in [0.5, 0.6) is 11.5 Å². The predicted molar refractivity (Wildman–Crippen MR) is 120 cm³/mol. The number of fused-ring (bicyclic) bond motifs is 1. The molecule has 1 aromatic carbocycles. The Kier molecular flexibility index (Phi) is 7.61. The van der Waals surface area contributed by atoms with Gasteiger partial charge >= 0.3 is 13.1 Å². The summed E-state index contributed by atoms with van der Waals surface area (Å²) in [7, 11) is 0.238. The first-order chi connectivity index (χ1) is 15.0. The van der Waals surface area contributed by atoms with E-state index >= 15 is 0 Å². The van der Waals surface area contributed by atoms with Crippen LogP contribution in [0.3, 0.4) is 0 Å². The van der Waals surface area contributed by atoms with Crippen LogP contribution in [0.4, 0.5) is 0 Å². The molecule has 1 aromatic heterocycles. The van der Waals surface area contributed by atoms with Crippen LogP contribution in [-0.2, 0) is 11.2 Å². The van der Waals surface area contributed by atoms with E-state index in [2.05, 4.69) is 15.1 Å². The Morgan fingerprint density at radius 3 is 2.87 bits per heavy atom. The van der Waals surface area contributed by atoms with Crippen molar-refractivity contribution in [3.05, 3.63) is 23.3 Å². The fourth-order valence-corrected chi connectivity index (χ4v) is 6.81. The fraction of sp³-hybridized carbons (Fsp3) is 0.500. The summed E-state index contributed by atoms with van der Waals surface area (Å²) in [4.78, 5) is 14.0. The molecule has 1 fully saturated rings. The number of rotatable bonds is 8. The molecule has 0 radical (unpaired) electrons. The SMILES string of the molecule is COc1ccc2c(c1C(=O)O)OB(O)[C@@H](Sc1nnc(SCCN3CCOCC3)s1)C2. The maximum absolute atomic E-state index is 11.6. The average Bonchev–Trinajstić information content (AvgIpc) is 3.21. The Bertz CT molecular complexity index is 927. The van der Waals surface area contributed by atoms with E-state index in [0.29, 0.717) is 12.0 Å². The molecule has 166 valence electrons. The number of aromatic nitrogens is 2. The minimum atomic E-state index is -1.16. The van der Waals surface area contributed by atoms with Gasteiger partial charge in [-0.05, 0) is 18.1 Å². The first-order valence-electron chi connectivity index (χ1n) is 9.76. The molecule has 4 rings (SSSR count). The second-order valence-electron chi connectivity index (χ2n) is 6.94. The van der Waals surface area contributed by atoms with Crippen LogP contribution >= 0.6 is 34.9 Å². The van der Waals surface area contributed by atoms with E-state index < -0.39 is 13.1 Å². The summed E-state index contributed by atoms with van der Waals surface area (Å²) in [6.07, 6.45) is 0.449. The van der Waals surface area contributed by atoms with Crippen LogP contribution in [0.25, 0.3) is 0 Å². The first-order valence-corrected chi connectivity index (χ1v) is 12.4. The van der Waals surface area contributed by atoms with Gasteiger partial charge < -0.3 is 24.3 Å². The van der Waals surface area contributed by atoms with E-state index in [1.165, 1.54) is 30.2 Å². The van der Waals surface area contributed by atoms with Gasteiger partial charge in [-0.2, -0.15) is 0 Å². The second kappa shape index (κ2) is 10.4. The number of ether oxygens (including phenoxy) is 2. The molecule has 1 atom stereocenters. The van der Waals surface area contributed by atoms with Crippen molar-refractivity contribution in [1.29, 1.82) is 0 Å². The molecule has 31 heavy (non-hydrogen) atoms. The van der Waals surface area contributed by atoms with Crippen LogP contribution in [-0.4, -0.2) is 89.2 Å². The highest BCUT2D eigenvalue weighted by molar-refractivity contribution is 8.04. The zero-order valence-corrected chi connectivity index (χ0v) is 19.3. The maximum atomic E-state index is 11.6. The summed E-state index contributed by atoms with van der Waals surface area (Å²) in [5, 5.41) is 28.2. The third kappa shape index (κ3) is 5.47. The Labute approximate surface area is 192 Å². The van der Waals surface area contributed by atoms with Crippen molar-refractivity contribution in [1.82, 2.24) is 15.1 Å². The van der Waals surface area contributed by atoms with Crippen molar-refractivity contribution in [3.8, 4) is 11.5 Å². The highest BCUT2D eigenvalue weighted by atomic mass is 32.2. The van der Waals surface area contributed by atoms with E-state index in [1.54, 1.807) is 23.9 Å². The Morgan fingerprint density at radius 1 is 1.35 bits per heavy atom. The van der Waals surface area contributed by atoms with Gasteiger partial charge in [0.15, 0.2) is 8.68 Å². The number of carboxylic acid groups (broad SMARTS) is 1. The molecule has 2 N–H and O–H groups in total. The molecule has 1 saturated heterocycles. The van der Waals surface area contributed by atoms with Gasteiger partial charge in [0.2, 0.25) is 0 Å². The number of carbonyl (C=O) groups is 1. The summed E-state index contributed by atoms with van der Waals surface area (Å²) in [5.74, 6) is 0.136. The summed E-state index contributed by atoms with van der Waals surface area (Å²) >= 11 is 4.56. The van der Waals surface area contributed by atoms with Crippen molar-refractivity contribution in [3.63, 3.8) is 0 Å². The molecule has 0 bridgehead atoms. The lowest BCUT2D eigenvalue weighted by molar-refractivity contribution is 0.0410. The Hall–Kier alpha value is -1.51. The maximum Gasteiger partial charge on any atom is 0.537 e. The fourth-order valence-electron chi connectivity index (χ4n) is 3.41. The summed E-state index contributed by atoms with van der Waals surface area (Å²) in [6, 6.07) is 3.38. The molecule has 0 aliphatic carbocycles. The highest BCUT2D eigenvalue weighted by Gasteiger charge is 2.39. The number of hydrogen-bond donors (Lipinski definition) is 2. The van der Waals surface area contributed by atoms with Crippen LogP contribution in [0.1, 0.15) is 15.9 Å². The third-order valence-electron chi connectivity index (χ3n) is 4.99. The third-order valence-corrected chi connectivity index (χ3v) is 8.34. The Balaban J connectivity index is 1.36. The Morgan fingerprint density at radius 2 is 2.13 bits per heavy atom. The van der Waals surface area contributed by atoms with Crippen molar-refractivity contribution >= 4 is 47.9 Å². The molecular weight excluding hydrogens is 461 g/mol. The predicted octanol–water partition coefficient (Wildman–Crippen LogP) is 1.78. The van der Waals surface area contributed by atoms with Gasteiger partial charge in [-0.15, -0.1) is 10.2 Å². The number of morpholine rings is 1. The van der Waals surface area contributed by atoms with Crippen molar-refractivity contribution in [2.24, 2.45) is 0 Å². The molecule has 2 aliphatic heterocycles. The smallest absolute Gasteiger partial charge is 0.534 e. The first kappa shape index (κ1) is 22.7. The van der Waals surface area contributed by atoms with Crippen LogP contribution < -0.4 is 9.39 Å². The zero-order chi connectivity index (χ0) is 21.8. The van der Waals surface area contributed by atoms with E-state index in [9.17, 15) is 14.9 Å². The molecular formula is C18H22BN3O6S3. The quantitative estimate of drug-likeness (QED) is 0.423. The van der Waals surface area contributed by atoms with E-state index in [0.717, 1.165) is 47.3 Å². The van der Waals surface area contributed by atoms with Gasteiger partial charge in [0.25, 0.3) is 0 Å². The minimum absolute atomic E-state index is 0.0719. The summed E-state index contributed by atoms with van der Waals surface area (Å²) in [5.41, 5.74) is 0.642. The van der Waals surface area contributed by atoms with Gasteiger partial charge in [-0.3, -0.25) is 4.90 Å². The standard InChI is InChI=1S/C18H22BN3O6S3/c1-26-12-3-2-11-10-13(19(25)28-15(11)14(12)16(23)24)30-18-21-20-17(31-18)29-9-6-22-4-7-27-8-5-22/h2-3,13,25H,4-10H2,1H3,(H,23,24)/t13-/m0/s1. The van der Waals surface area contributed by atoms with E-state index in [1.807, 2.05) is 0 Å². The molecule has 0 saturated carbocycles. The van der Waals surface area contributed by atoms with Crippen molar-refractivity contribution in [2.45, 2.75) is 20.2 Å². The molecule has 0 unspecified atom stereocenters. The molecule has 2 aliphatic rings. The topological polar surface area (TPSA) is 114 Å². The molecule has 9 nitrogen and oxygen atoms in total. The molecule has 3 heterocycles. The van der Waals surface area contributed by atoms with Gasteiger partial charge in [0, 0.05) is 25.4 Å². The normalized spacial score (nSPS) is 19.0. The number of thioether (sulfide) groups is 2. The molecule has 13 heteroatoms. The van der Waals surface area contributed by atoms with Crippen molar-refractivity contribution < 1.29 is 29.1 Å². The monoisotopic (exact) mass is 483 g/mol. The number of methoxy groups -OCH3 is 1. The second-order valence-corrected chi connectivity index (χ2v) is 10.7. The number of aromatic carboxylic acids is 1. The molecule has 0 spiro atoms. The summed E-state index contributed by atoms with van der Waals surface area (Å²) < 4.78 is 17.7. The van der Waals surface area contributed by atoms with E-state index in [-0.39, 0.29) is 22.2 Å². The van der Waals surface area contributed by atoms with Crippen molar-refractivity contribution in [2.75, 3.05) is 45.7 Å². The number of benzene rings is 1. The highest BCUT2D eigenvalue weighted by Crippen LogP contribution is 2.41. The zero-order valence-electron chi connectivity index (χ0n) is 16.9. The van der Waals surface area contributed by atoms with Gasteiger partial charge in [-0.1, -0.05) is 40.9 Å². The summed E-state index contributed by atoms with van der Waals surface area (Å²) in [6.45, 7) is 4.50. The number of carboxylic acids is 1. The lowest BCUT2D eigenvalue weighted by Crippen LogP contribution is -2.40. The largest absolute Gasteiger partial charge is 0.537 e. The minimum Gasteiger partial charge on any atom is -0.534 e. The molecule has 2 aromatic rings. The van der Waals surface area contributed by atoms with Crippen LogP contribution in [0.2, 0.25) is 0 Å². The van der Waals surface area contributed by atoms with Gasteiger partial charge in [-0.25, -0.2) is 4.79 Å². The lowest BCUT2D eigenvalue weighted by Gasteiger charge is -2.27. The van der Waals surface area contributed by atoms with Crippen LogP contribution in [0, 0.1) is 0 Å². The van der Waals surface area contributed by atoms with Gasteiger partial charge in [0.05, 0.1) is 25.5 Å². The van der Waals surface area contributed by atoms with E-state index in [4.69, 9.17) is 14.1 Å². The number of hydrogen-bond acceptors (Lipinski definition) is 11. The van der Waals surface area contributed by atoms with Gasteiger partial charge in [0.1, 0.15) is 17.1 Å². The average molecular weight is 483 g/mol.